The maximum absolute atomic E-state index is 11.6. The molecule has 0 radical (unpaired) electrons. The van der Waals surface area contributed by atoms with Crippen LogP contribution < -0.4 is 4.74 Å². The van der Waals surface area contributed by atoms with Gasteiger partial charge in [0.2, 0.25) is 0 Å². The Labute approximate surface area is 144 Å². The first-order chi connectivity index (χ1) is 11.4. The zero-order valence-electron chi connectivity index (χ0n) is 15.0. The van der Waals surface area contributed by atoms with E-state index in [-0.39, 0.29) is 5.97 Å². The molecule has 0 N–H and O–H groups in total. The van der Waals surface area contributed by atoms with Crippen molar-refractivity contribution in [3.8, 4) is 16.9 Å². The van der Waals surface area contributed by atoms with Crippen LogP contribution >= 0.6 is 0 Å². The second kappa shape index (κ2) is 8.00. The summed E-state index contributed by atoms with van der Waals surface area (Å²) < 4.78 is 10.6. The Morgan fingerprint density at radius 1 is 0.958 bits per heavy atom. The van der Waals surface area contributed by atoms with Crippen molar-refractivity contribution in [2.45, 2.75) is 33.6 Å². The van der Waals surface area contributed by atoms with Gasteiger partial charge in [0.1, 0.15) is 5.75 Å². The summed E-state index contributed by atoms with van der Waals surface area (Å²) in [5, 5.41) is 0. The lowest BCUT2D eigenvalue weighted by Gasteiger charge is -2.21. The summed E-state index contributed by atoms with van der Waals surface area (Å²) in [5.74, 6) is 0.673. The van der Waals surface area contributed by atoms with Crippen molar-refractivity contribution >= 4 is 5.97 Å². The largest absolute Gasteiger partial charge is 0.494 e. The average Bonchev–Trinajstić information content (AvgIpc) is 2.59. The Hall–Kier alpha value is -2.29. The molecular formula is C21H26O3. The minimum absolute atomic E-state index is 0.176. The van der Waals surface area contributed by atoms with Crippen molar-refractivity contribution in [1.29, 1.82) is 0 Å². The highest BCUT2D eigenvalue weighted by Crippen LogP contribution is 2.25. The quantitative estimate of drug-likeness (QED) is 0.529. The fourth-order valence-corrected chi connectivity index (χ4v) is 2.57. The van der Waals surface area contributed by atoms with Crippen molar-refractivity contribution in [3.63, 3.8) is 0 Å². The minimum Gasteiger partial charge on any atom is -0.494 e. The number of rotatable bonds is 7. The number of ether oxygens (including phenoxy) is 2. The van der Waals surface area contributed by atoms with Gasteiger partial charge in [-0.1, -0.05) is 42.0 Å². The van der Waals surface area contributed by atoms with Crippen LogP contribution in [-0.4, -0.2) is 19.7 Å². The van der Waals surface area contributed by atoms with Crippen LogP contribution in [0.4, 0.5) is 0 Å². The molecule has 0 amide bonds. The number of methoxy groups -OCH3 is 1. The molecule has 0 atom stereocenters. The molecule has 2 aromatic rings. The number of carbonyl (C=O) groups excluding carboxylic acids is 1. The van der Waals surface area contributed by atoms with Gasteiger partial charge in [0.25, 0.3) is 0 Å². The predicted molar refractivity (Wildman–Crippen MR) is 97.1 cm³/mol. The van der Waals surface area contributed by atoms with Gasteiger partial charge in [-0.25, -0.2) is 0 Å². The molecule has 0 spiro atoms. The van der Waals surface area contributed by atoms with Gasteiger partial charge >= 0.3 is 5.97 Å². The van der Waals surface area contributed by atoms with Crippen molar-refractivity contribution in [2.75, 3.05) is 13.7 Å². The highest BCUT2D eigenvalue weighted by Gasteiger charge is 2.27. The number of hydrogen-bond donors (Lipinski definition) is 0. The normalized spacial score (nSPS) is 11.2. The molecule has 0 saturated carbocycles. The standard InChI is InChI=1S/C21H26O3/c1-16-6-8-17(9-7-16)18-10-12-19(13-11-18)24-15-5-14-21(2,3)20(22)23-4/h6-13H,5,14-15H2,1-4H3. The highest BCUT2D eigenvalue weighted by molar-refractivity contribution is 5.75. The molecule has 2 rings (SSSR count). The van der Waals surface area contributed by atoms with Crippen LogP contribution in [-0.2, 0) is 9.53 Å². The van der Waals surface area contributed by atoms with E-state index in [0.717, 1.165) is 18.6 Å². The van der Waals surface area contributed by atoms with E-state index >= 15 is 0 Å². The van der Waals surface area contributed by atoms with Gasteiger partial charge in [0.15, 0.2) is 0 Å². The summed E-state index contributed by atoms with van der Waals surface area (Å²) in [7, 11) is 1.43. The molecule has 0 bridgehead atoms. The molecule has 0 fully saturated rings. The van der Waals surface area contributed by atoms with Crippen molar-refractivity contribution < 1.29 is 14.3 Å². The second-order valence-corrected chi connectivity index (χ2v) is 6.72. The molecule has 3 nitrogen and oxygen atoms in total. The fourth-order valence-electron chi connectivity index (χ4n) is 2.57. The summed E-state index contributed by atoms with van der Waals surface area (Å²) >= 11 is 0. The second-order valence-electron chi connectivity index (χ2n) is 6.72. The highest BCUT2D eigenvalue weighted by atomic mass is 16.5. The Morgan fingerprint density at radius 2 is 1.50 bits per heavy atom. The van der Waals surface area contributed by atoms with Crippen LogP contribution in [0.5, 0.6) is 5.75 Å². The number of benzene rings is 2. The van der Waals surface area contributed by atoms with Crippen LogP contribution in [0.15, 0.2) is 48.5 Å². The fraction of sp³-hybridized carbons (Fsp3) is 0.381. The molecule has 3 heteroatoms. The molecule has 0 saturated heterocycles. The molecule has 0 heterocycles. The van der Waals surface area contributed by atoms with E-state index in [1.165, 1.54) is 23.8 Å². The van der Waals surface area contributed by atoms with Gasteiger partial charge < -0.3 is 9.47 Å². The molecule has 0 aromatic heterocycles. The molecule has 0 aliphatic carbocycles. The van der Waals surface area contributed by atoms with Gasteiger partial charge in [-0.2, -0.15) is 0 Å². The molecule has 0 aliphatic heterocycles. The van der Waals surface area contributed by atoms with Crippen LogP contribution in [0.2, 0.25) is 0 Å². The maximum Gasteiger partial charge on any atom is 0.311 e. The van der Waals surface area contributed by atoms with E-state index in [0.29, 0.717) is 6.61 Å². The topological polar surface area (TPSA) is 35.5 Å². The Bertz CT molecular complexity index is 654. The van der Waals surface area contributed by atoms with Crippen LogP contribution in [0.25, 0.3) is 11.1 Å². The molecule has 0 unspecified atom stereocenters. The molecule has 0 aliphatic rings. The lowest BCUT2D eigenvalue weighted by Crippen LogP contribution is -2.26. The van der Waals surface area contributed by atoms with Crippen molar-refractivity contribution in [2.24, 2.45) is 5.41 Å². The molecule has 2 aromatic carbocycles. The number of aryl methyl sites for hydroxylation is 1. The number of hydrogen-bond acceptors (Lipinski definition) is 3. The lowest BCUT2D eigenvalue weighted by atomic mass is 9.88. The third kappa shape index (κ3) is 4.85. The van der Waals surface area contributed by atoms with Crippen molar-refractivity contribution in [3.05, 3.63) is 54.1 Å². The first kappa shape index (κ1) is 18.1. The monoisotopic (exact) mass is 326 g/mol. The average molecular weight is 326 g/mol. The van der Waals surface area contributed by atoms with Gasteiger partial charge in [-0.05, 0) is 56.9 Å². The van der Waals surface area contributed by atoms with Crippen molar-refractivity contribution in [1.82, 2.24) is 0 Å². The van der Waals surface area contributed by atoms with E-state index in [1.807, 2.05) is 26.0 Å². The first-order valence-corrected chi connectivity index (χ1v) is 8.31. The summed E-state index contributed by atoms with van der Waals surface area (Å²) in [4.78, 5) is 11.6. The van der Waals surface area contributed by atoms with E-state index in [4.69, 9.17) is 9.47 Å². The minimum atomic E-state index is -0.465. The third-order valence-corrected chi connectivity index (χ3v) is 4.19. The summed E-state index contributed by atoms with van der Waals surface area (Å²) in [6.45, 7) is 6.47. The Balaban J connectivity index is 1.84. The van der Waals surface area contributed by atoms with E-state index in [2.05, 4.69) is 43.3 Å². The van der Waals surface area contributed by atoms with E-state index < -0.39 is 5.41 Å². The summed E-state index contributed by atoms with van der Waals surface area (Å²) in [6, 6.07) is 16.6. The van der Waals surface area contributed by atoms with Gasteiger partial charge in [-0.3, -0.25) is 4.79 Å². The van der Waals surface area contributed by atoms with Crippen LogP contribution in [0, 0.1) is 12.3 Å². The smallest absolute Gasteiger partial charge is 0.311 e. The lowest BCUT2D eigenvalue weighted by molar-refractivity contribution is -0.151. The SMILES string of the molecule is COC(=O)C(C)(C)CCCOc1ccc(-c2ccc(C)cc2)cc1. The first-order valence-electron chi connectivity index (χ1n) is 8.31. The van der Waals surface area contributed by atoms with E-state index in [9.17, 15) is 4.79 Å². The predicted octanol–water partition coefficient (Wildman–Crippen LogP) is 5.02. The van der Waals surface area contributed by atoms with Gasteiger partial charge in [0, 0.05) is 0 Å². The number of carbonyl (C=O) groups is 1. The zero-order chi connectivity index (χ0) is 17.6. The van der Waals surface area contributed by atoms with Crippen LogP contribution in [0.3, 0.4) is 0 Å². The molecule has 24 heavy (non-hydrogen) atoms. The van der Waals surface area contributed by atoms with Gasteiger partial charge in [-0.15, -0.1) is 0 Å². The third-order valence-electron chi connectivity index (χ3n) is 4.19. The zero-order valence-corrected chi connectivity index (χ0v) is 15.0. The summed E-state index contributed by atoms with van der Waals surface area (Å²) in [6.07, 6.45) is 1.54. The van der Waals surface area contributed by atoms with Gasteiger partial charge in [0.05, 0.1) is 19.1 Å². The Kier molecular flexibility index (Phi) is 6.02. The summed E-state index contributed by atoms with van der Waals surface area (Å²) in [5.41, 5.74) is 3.17. The maximum atomic E-state index is 11.6. The van der Waals surface area contributed by atoms with E-state index in [1.54, 1.807) is 0 Å². The molecule has 128 valence electrons. The van der Waals surface area contributed by atoms with Crippen LogP contribution in [0.1, 0.15) is 32.3 Å². The number of esters is 1. The molecular weight excluding hydrogens is 300 g/mol. The Morgan fingerprint density at radius 3 is 2.04 bits per heavy atom.